The number of aromatic nitrogens is 2. The van der Waals surface area contributed by atoms with E-state index in [1.54, 1.807) is 0 Å². The standard InChI is InChI=1S/C12H7N2.Pt/c1-2-6-10-9(5-1)13-11-7-3-4-8-12(11)14-10;/h1-7H;. The van der Waals surface area contributed by atoms with E-state index in [0.29, 0.717) is 0 Å². The van der Waals surface area contributed by atoms with Crippen LogP contribution in [0, 0.1) is 0 Å². The predicted molar refractivity (Wildman–Crippen MR) is 56.7 cm³/mol. The molecule has 0 N–H and O–H groups in total. The molecule has 0 unspecified atom stereocenters. The van der Waals surface area contributed by atoms with Gasteiger partial charge in [-0.05, 0) is 0 Å². The summed E-state index contributed by atoms with van der Waals surface area (Å²) in [6.45, 7) is 0. The number of hydrogen-bond acceptors (Lipinski definition) is 2. The predicted octanol–water partition coefficient (Wildman–Crippen LogP) is 1.96. The Kier molecular flexibility index (Phi) is 2.03. The second-order valence-electron chi connectivity index (χ2n) is 3.29. The summed E-state index contributed by atoms with van der Waals surface area (Å²) in [5, 5.41) is 0. The van der Waals surface area contributed by atoms with Crippen molar-refractivity contribution in [2.75, 3.05) is 0 Å². The van der Waals surface area contributed by atoms with Crippen LogP contribution < -0.4 is 3.95 Å². The second kappa shape index (κ2) is 3.39. The van der Waals surface area contributed by atoms with E-state index in [0.717, 1.165) is 26.0 Å². The monoisotopic (exact) mass is 374 g/mol. The van der Waals surface area contributed by atoms with Gasteiger partial charge in [0.05, 0.1) is 0 Å². The maximum atomic E-state index is 4.61. The molecule has 0 atom stereocenters. The van der Waals surface area contributed by atoms with Crippen molar-refractivity contribution in [3.05, 3.63) is 42.5 Å². The number of benzene rings is 2. The molecule has 0 aliphatic rings. The normalized spacial score (nSPS) is 11.1. The molecule has 3 aromatic rings. The molecule has 1 heterocycles. The van der Waals surface area contributed by atoms with Crippen LogP contribution in [0.1, 0.15) is 0 Å². The molecule has 0 bridgehead atoms. The van der Waals surface area contributed by atoms with Gasteiger partial charge in [-0.1, -0.05) is 0 Å². The van der Waals surface area contributed by atoms with Crippen LogP contribution in [0.4, 0.5) is 0 Å². The number of fused-ring (bicyclic) bond motifs is 2. The average molecular weight is 374 g/mol. The van der Waals surface area contributed by atoms with E-state index in [-0.39, 0.29) is 0 Å². The number of para-hydroxylation sites is 3. The molecule has 0 fully saturated rings. The van der Waals surface area contributed by atoms with Crippen molar-refractivity contribution in [3.8, 4) is 0 Å². The summed E-state index contributed by atoms with van der Waals surface area (Å²) in [6, 6.07) is 14.0. The van der Waals surface area contributed by atoms with Crippen molar-refractivity contribution in [2.45, 2.75) is 0 Å². The van der Waals surface area contributed by atoms with Gasteiger partial charge in [0.15, 0.2) is 0 Å². The van der Waals surface area contributed by atoms with Gasteiger partial charge >= 0.3 is 98.3 Å². The molecule has 0 saturated heterocycles. The zero-order valence-electron chi connectivity index (χ0n) is 7.75. The summed E-state index contributed by atoms with van der Waals surface area (Å²) >= 11 is 2.27. The van der Waals surface area contributed by atoms with E-state index >= 15 is 0 Å². The Balaban J connectivity index is 2.53. The third kappa shape index (κ3) is 1.46. The van der Waals surface area contributed by atoms with E-state index < -0.39 is 0 Å². The molecule has 0 saturated carbocycles. The van der Waals surface area contributed by atoms with Crippen molar-refractivity contribution in [2.24, 2.45) is 0 Å². The molecular formula is C12H7N2Pt. The van der Waals surface area contributed by atoms with Crippen LogP contribution in [0.3, 0.4) is 0 Å². The van der Waals surface area contributed by atoms with Gasteiger partial charge in [0.25, 0.3) is 0 Å². The van der Waals surface area contributed by atoms with Gasteiger partial charge in [-0.25, -0.2) is 0 Å². The molecule has 75 valence electrons. The Bertz CT molecular complexity index is 649. The van der Waals surface area contributed by atoms with Crippen molar-refractivity contribution < 1.29 is 19.8 Å². The molecule has 0 aliphatic heterocycles. The SMILES string of the molecule is [Pt][c]1cccc2nc3ccccc3nc12. The summed E-state index contributed by atoms with van der Waals surface area (Å²) in [6.07, 6.45) is 0. The molecule has 15 heavy (non-hydrogen) atoms. The molecule has 3 heteroatoms. The molecule has 2 aromatic carbocycles. The molecule has 0 aliphatic carbocycles. The zero-order valence-corrected chi connectivity index (χ0v) is 10.0. The molecular weight excluding hydrogens is 367 g/mol. The molecule has 0 spiro atoms. The minimum absolute atomic E-state index is 0.951. The van der Waals surface area contributed by atoms with Crippen LogP contribution >= 0.6 is 0 Å². The van der Waals surface area contributed by atoms with Crippen molar-refractivity contribution in [1.29, 1.82) is 0 Å². The van der Waals surface area contributed by atoms with E-state index in [2.05, 4.69) is 29.8 Å². The van der Waals surface area contributed by atoms with E-state index in [1.807, 2.05) is 42.5 Å². The zero-order chi connectivity index (χ0) is 10.3. The fourth-order valence-corrected chi connectivity index (χ4v) is 2.23. The Hall–Kier alpha value is -1.27. The van der Waals surface area contributed by atoms with Crippen molar-refractivity contribution >= 4 is 26.0 Å². The van der Waals surface area contributed by atoms with Gasteiger partial charge < -0.3 is 0 Å². The first kappa shape index (κ1) is 8.99. The van der Waals surface area contributed by atoms with Gasteiger partial charge in [-0.15, -0.1) is 0 Å². The fraction of sp³-hybridized carbons (Fsp3) is 0. The van der Waals surface area contributed by atoms with Crippen LogP contribution in [0.2, 0.25) is 0 Å². The van der Waals surface area contributed by atoms with Crippen LogP contribution in [0.5, 0.6) is 0 Å². The van der Waals surface area contributed by atoms with Gasteiger partial charge in [-0.3, -0.25) is 0 Å². The molecule has 3 rings (SSSR count). The summed E-state index contributed by atoms with van der Waals surface area (Å²) < 4.78 is 1.14. The third-order valence-electron chi connectivity index (χ3n) is 2.30. The number of hydrogen-bond donors (Lipinski definition) is 0. The Morgan fingerprint density at radius 2 is 1.40 bits per heavy atom. The minimum atomic E-state index is 0.951. The summed E-state index contributed by atoms with van der Waals surface area (Å²) in [4.78, 5) is 9.18. The average Bonchev–Trinajstić information content (AvgIpc) is 2.27. The van der Waals surface area contributed by atoms with E-state index in [9.17, 15) is 0 Å². The summed E-state index contributed by atoms with van der Waals surface area (Å²) in [5.74, 6) is 0. The van der Waals surface area contributed by atoms with Gasteiger partial charge in [0.2, 0.25) is 0 Å². The quantitative estimate of drug-likeness (QED) is 0.563. The van der Waals surface area contributed by atoms with E-state index in [1.165, 1.54) is 0 Å². The molecule has 0 radical (unpaired) electrons. The van der Waals surface area contributed by atoms with Gasteiger partial charge in [-0.2, -0.15) is 0 Å². The maximum absolute atomic E-state index is 4.61. The van der Waals surface area contributed by atoms with Crippen LogP contribution in [0.15, 0.2) is 42.5 Å². The van der Waals surface area contributed by atoms with Crippen molar-refractivity contribution in [1.82, 2.24) is 9.97 Å². The van der Waals surface area contributed by atoms with Gasteiger partial charge in [0, 0.05) is 0 Å². The first-order chi connectivity index (χ1) is 7.34. The Labute approximate surface area is 98.3 Å². The van der Waals surface area contributed by atoms with Crippen LogP contribution in [-0.4, -0.2) is 9.97 Å². The molecule has 0 amide bonds. The molecule has 2 nitrogen and oxygen atoms in total. The summed E-state index contributed by atoms with van der Waals surface area (Å²) in [5.41, 5.74) is 3.85. The first-order valence-electron chi connectivity index (χ1n) is 4.62. The van der Waals surface area contributed by atoms with E-state index in [4.69, 9.17) is 0 Å². The summed E-state index contributed by atoms with van der Waals surface area (Å²) in [7, 11) is 0. The Morgan fingerprint density at radius 1 is 0.733 bits per heavy atom. The number of nitrogens with zero attached hydrogens (tertiary/aromatic N) is 2. The fourth-order valence-electron chi connectivity index (χ4n) is 1.59. The third-order valence-corrected chi connectivity index (χ3v) is 3.21. The second-order valence-corrected chi connectivity index (χ2v) is 4.51. The molecule has 1 aromatic heterocycles. The topological polar surface area (TPSA) is 25.8 Å². The van der Waals surface area contributed by atoms with Gasteiger partial charge in [0.1, 0.15) is 0 Å². The van der Waals surface area contributed by atoms with Crippen molar-refractivity contribution in [3.63, 3.8) is 0 Å². The van der Waals surface area contributed by atoms with Crippen LogP contribution in [0.25, 0.3) is 22.1 Å². The first-order valence-corrected chi connectivity index (χ1v) is 5.76. The Morgan fingerprint density at radius 3 is 2.20 bits per heavy atom. The number of rotatable bonds is 0. The van der Waals surface area contributed by atoms with Crippen LogP contribution in [-0.2, 0) is 19.8 Å².